The van der Waals surface area contributed by atoms with Gasteiger partial charge in [0.15, 0.2) is 0 Å². The maximum absolute atomic E-state index is 12.1. The summed E-state index contributed by atoms with van der Waals surface area (Å²) >= 11 is 2.16. The molecule has 148 valence electrons. The van der Waals surface area contributed by atoms with Crippen LogP contribution < -0.4 is 9.47 Å². The number of hydrogen-bond donors (Lipinski definition) is 0. The fourth-order valence-electron chi connectivity index (χ4n) is 2.51. The van der Waals surface area contributed by atoms with Crippen LogP contribution >= 0.6 is 22.6 Å². The van der Waals surface area contributed by atoms with E-state index >= 15 is 0 Å². The van der Waals surface area contributed by atoms with Crippen LogP contribution in [0.4, 0.5) is 0 Å². The summed E-state index contributed by atoms with van der Waals surface area (Å²) in [6.45, 7) is 0. The number of carbonyl (C=O) groups excluding carboxylic acids is 1. The van der Waals surface area contributed by atoms with Gasteiger partial charge in [-0.2, -0.15) is 0 Å². The number of benzene rings is 2. The first kappa shape index (κ1) is 20.7. The highest BCUT2D eigenvalue weighted by Gasteiger charge is 2.18. The lowest BCUT2D eigenvalue weighted by Crippen LogP contribution is -2.05. The van der Waals surface area contributed by atoms with Crippen molar-refractivity contribution in [2.75, 3.05) is 14.2 Å². The summed E-state index contributed by atoms with van der Waals surface area (Å²) in [5.74, 6) is 1.59. The molecule has 1 heterocycles. The maximum atomic E-state index is 12.1. The first-order valence-electron chi connectivity index (χ1n) is 8.59. The molecule has 0 N–H and O–H groups in total. The predicted molar refractivity (Wildman–Crippen MR) is 117 cm³/mol. The number of aromatic nitrogens is 1. The van der Waals surface area contributed by atoms with E-state index in [0.717, 1.165) is 3.57 Å². The molecule has 0 aliphatic rings. The van der Waals surface area contributed by atoms with Crippen molar-refractivity contribution in [3.05, 3.63) is 82.3 Å². The number of methoxy groups -OCH3 is 2. The van der Waals surface area contributed by atoms with Gasteiger partial charge in [0.1, 0.15) is 22.8 Å². The Balaban J connectivity index is 1.89. The number of para-hydroxylation sites is 1. The van der Waals surface area contributed by atoms with Crippen LogP contribution in [0.5, 0.6) is 23.1 Å². The Morgan fingerprint density at radius 1 is 0.966 bits per heavy atom. The standard InChI is InChI=1S/C22H18INO5/c1-26-14-18(22(25)27-2)17-9-3-4-11-20(17)28-15-7-5-8-16(13-15)29-21-19(23)10-6-12-24-21/h3-14H,1-2H3. The minimum atomic E-state index is -0.523. The van der Waals surface area contributed by atoms with Crippen LogP contribution in [0.25, 0.3) is 5.57 Å². The number of nitrogens with zero attached hydrogens (tertiary/aromatic N) is 1. The molecule has 0 atom stereocenters. The molecule has 0 unspecified atom stereocenters. The minimum absolute atomic E-state index is 0.251. The molecular weight excluding hydrogens is 485 g/mol. The van der Waals surface area contributed by atoms with Crippen molar-refractivity contribution >= 4 is 34.1 Å². The highest BCUT2D eigenvalue weighted by Crippen LogP contribution is 2.33. The largest absolute Gasteiger partial charge is 0.503 e. The first-order valence-corrected chi connectivity index (χ1v) is 9.67. The van der Waals surface area contributed by atoms with Crippen LogP contribution in [0.3, 0.4) is 0 Å². The summed E-state index contributed by atoms with van der Waals surface area (Å²) in [7, 11) is 2.78. The van der Waals surface area contributed by atoms with E-state index in [0.29, 0.717) is 28.7 Å². The second-order valence-electron chi connectivity index (χ2n) is 5.72. The summed E-state index contributed by atoms with van der Waals surface area (Å²) in [6.07, 6.45) is 3.00. The number of ether oxygens (including phenoxy) is 4. The number of pyridine rings is 1. The van der Waals surface area contributed by atoms with Gasteiger partial charge in [0, 0.05) is 17.8 Å². The lowest BCUT2D eigenvalue weighted by atomic mass is 10.1. The molecular formula is C22H18INO5. The number of halogens is 1. The molecule has 2 aromatic carbocycles. The summed E-state index contributed by atoms with van der Waals surface area (Å²) in [6, 6.07) is 18.1. The molecule has 3 aromatic rings. The van der Waals surface area contributed by atoms with Gasteiger partial charge in [-0.25, -0.2) is 9.78 Å². The van der Waals surface area contributed by atoms with Gasteiger partial charge >= 0.3 is 5.97 Å². The smallest absolute Gasteiger partial charge is 0.341 e. The maximum Gasteiger partial charge on any atom is 0.341 e. The zero-order valence-corrected chi connectivity index (χ0v) is 18.0. The van der Waals surface area contributed by atoms with Crippen molar-refractivity contribution in [3.63, 3.8) is 0 Å². The Bertz CT molecular complexity index is 1030. The lowest BCUT2D eigenvalue weighted by Gasteiger charge is -2.13. The second kappa shape index (κ2) is 9.92. The topological polar surface area (TPSA) is 66.9 Å². The molecule has 3 rings (SSSR count). The molecule has 6 nitrogen and oxygen atoms in total. The highest BCUT2D eigenvalue weighted by atomic mass is 127. The van der Waals surface area contributed by atoms with Gasteiger partial charge in [0.2, 0.25) is 5.88 Å². The molecule has 0 radical (unpaired) electrons. The minimum Gasteiger partial charge on any atom is -0.503 e. The van der Waals surface area contributed by atoms with E-state index in [1.807, 2.05) is 30.3 Å². The fourth-order valence-corrected chi connectivity index (χ4v) is 2.97. The number of rotatable bonds is 7. The van der Waals surface area contributed by atoms with E-state index < -0.39 is 5.97 Å². The molecule has 7 heteroatoms. The van der Waals surface area contributed by atoms with Crippen molar-refractivity contribution in [1.82, 2.24) is 4.98 Å². The van der Waals surface area contributed by atoms with Crippen LogP contribution in [0, 0.1) is 3.57 Å². The Morgan fingerprint density at radius 2 is 1.72 bits per heavy atom. The lowest BCUT2D eigenvalue weighted by molar-refractivity contribution is -0.133. The molecule has 0 aliphatic carbocycles. The van der Waals surface area contributed by atoms with E-state index in [-0.39, 0.29) is 5.57 Å². The molecule has 0 saturated carbocycles. The van der Waals surface area contributed by atoms with Crippen LogP contribution in [0.15, 0.2) is 73.1 Å². The van der Waals surface area contributed by atoms with Crippen molar-refractivity contribution in [1.29, 1.82) is 0 Å². The third-order valence-corrected chi connectivity index (χ3v) is 4.61. The normalized spacial score (nSPS) is 10.9. The molecule has 0 spiro atoms. The van der Waals surface area contributed by atoms with Crippen molar-refractivity contribution < 1.29 is 23.7 Å². The molecule has 0 amide bonds. The Kier molecular flexibility index (Phi) is 7.07. The molecule has 29 heavy (non-hydrogen) atoms. The van der Waals surface area contributed by atoms with Crippen molar-refractivity contribution in [3.8, 4) is 23.1 Å². The Labute approximate surface area is 182 Å². The van der Waals surface area contributed by atoms with Gasteiger partial charge in [0.05, 0.1) is 24.1 Å². The molecule has 1 aromatic heterocycles. The van der Waals surface area contributed by atoms with E-state index in [4.69, 9.17) is 18.9 Å². The van der Waals surface area contributed by atoms with Gasteiger partial charge in [-0.3, -0.25) is 0 Å². The quantitative estimate of drug-likeness (QED) is 0.186. The fraction of sp³-hybridized carbons (Fsp3) is 0.0909. The van der Waals surface area contributed by atoms with Crippen LogP contribution in [0.1, 0.15) is 5.56 Å². The summed E-state index contributed by atoms with van der Waals surface area (Å²) in [4.78, 5) is 16.4. The van der Waals surface area contributed by atoms with Crippen LogP contribution in [0.2, 0.25) is 0 Å². The predicted octanol–water partition coefficient (Wildman–Crippen LogP) is 5.43. The summed E-state index contributed by atoms with van der Waals surface area (Å²) in [5.41, 5.74) is 0.799. The van der Waals surface area contributed by atoms with E-state index in [2.05, 4.69) is 27.6 Å². The molecule has 0 aliphatic heterocycles. The number of hydrogen-bond acceptors (Lipinski definition) is 6. The van der Waals surface area contributed by atoms with Crippen molar-refractivity contribution in [2.24, 2.45) is 0 Å². The summed E-state index contributed by atoms with van der Waals surface area (Å²) in [5, 5.41) is 0. The SMILES string of the molecule is COC=C(C(=O)OC)c1ccccc1Oc1cccc(Oc2ncccc2I)c1. The summed E-state index contributed by atoms with van der Waals surface area (Å²) < 4.78 is 22.7. The van der Waals surface area contributed by atoms with E-state index in [1.54, 1.807) is 36.5 Å². The molecule has 0 bridgehead atoms. The third kappa shape index (κ3) is 5.26. The van der Waals surface area contributed by atoms with Crippen LogP contribution in [-0.2, 0) is 14.3 Å². The Hall–Kier alpha value is -3.07. The Morgan fingerprint density at radius 3 is 2.45 bits per heavy atom. The molecule has 0 saturated heterocycles. The zero-order chi connectivity index (χ0) is 20.6. The van der Waals surface area contributed by atoms with Crippen molar-refractivity contribution in [2.45, 2.75) is 0 Å². The molecule has 0 fully saturated rings. The third-order valence-electron chi connectivity index (χ3n) is 3.79. The van der Waals surface area contributed by atoms with Gasteiger partial charge in [0.25, 0.3) is 0 Å². The highest BCUT2D eigenvalue weighted by molar-refractivity contribution is 14.1. The van der Waals surface area contributed by atoms with Gasteiger partial charge < -0.3 is 18.9 Å². The van der Waals surface area contributed by atoms with E-state index in [9.17, 15) is 4.79 Å². The first-order chi connectivity index (χ1) is 14.1. The van der Waals surface area contributed by atoms with Gasteiger partial charge in [-0.15, -0.1) is 0 Å². The zero-order valence-electron chi connectivity index (χ0n) is 15.8. The number of carbonyl (C=O) groups is 1. The van der Waals surface area contributed by atoms with Crippen LogP contribution in [-0.4, -0.2) is 25.2 Å². The van der Waals surface area contributed by atoms with E-state index in [1.165, 1.54) is 20.5 Å². The average molecular weight is 503 g/mol. The second-order valence-corrected chi connectivity index (χ2v) is 6.89. The van der Waals surface area contributed by atoms with Gasteiger partial charge in [-0.05, 0) is 52.9 Å². The monoisotopic (exact) mass is 503 g/mol. The average Bonchev–Trinajstić information content (AvgIpc) is 2.74. The van der Waals surface area contributed by atoms with Gasteiger partial charge in [-0.1, -0.05) is 24.3 Å². The number of esters is 1.